The Morgan fingerprint density at radius 2 is 1.84 bits per heavy atom. The van der Waals surface area contributed by atoms with Crippen molar-refractivity contribution in [1.29, 1.82) is 0 Å². The van der Waals surface area contributed by atoms with Gasteiger partial charge in [0, 0.05) is 17.5 Å². The van der Waals surface area contributed by atoms with Crippen LogP contribution in [-0.4, -0.2) is 42.2 Å². The van der Waals surface area contributed by atoms with Gasteiger partial charge in [0.25, 0.3) is 5.91 Å². The lowest BCUT2D eigenvalue weighted by Gasteiger charge is -2.16. The van der Waals surface area contributed by atoms with Gasteiger partial charge in [-0.1, -0.05) is 18.2 Å². The summed E-state index contributed by atoms with van der Waals surface area (Å²) in [5.41, 5.74) is 5.38. The Morgan fingerprint density at radius 3 is 2.53 bits per heavy atom. The normalized spacial score (nSPS) is 11.8. The fourth-order valence-corrected chi connectivity index (χ4v) is 3.37. The van der Waals surface area contributed by atoms with Crippen LogP contribution in [0.5, 0.6) is 5.75 Å². The first-order chi connectivity index (χ1) is 15.3. The summed E-state index contributed by atoms with van der Waals surface area (Å²) in [5, 5.41) is 16.0. The van der Waals surface area contributed by atoms with Gasteiger partial charge >= 0.3 is 17.6 Å². The number of amides is 3. The molecular formula is C22H23N3O7. The van der Waals surface area contributed by atoms with Crippen molar-refractivity contribution in [2.24, 2.45) is 5.73 Å². The second-order valence-corrected chi connectivity index (χ2v) is 7.18. The number of carboxylic acids is 1. The van der Waals surface area contributed by atoms with Crippen molar-refractivity contribution in [2.75, 3.05) is 13.2 Å². The lowest BCUT2D eigenvalue weighted by atomic mass is 10.0. The molecule has 3 amide bonds. The van der Waals surface area contributed by atoms with Gasteiger partial charge in [-0.05, 0) is 43.4 Å². The molecule has 3 rings (SSSR count). The number of nitrogens with one attached hydrogen (secondary N) is 2. The van der Waals surface area contributed by atoms with Crippen LogP contribution in [0, 0.1) is 6.92 Å². The molecule has 5 N–H and O–H groups in total. The molecule has 0 saturated carbocycles. The van der Waals surface area contributed by atoms with Gasteiger partial charge in [0.15, 0.2) is 6.61 Å². The van der Waals surface area contributed by atoms with Gasteiger partial charge in [0.1, 0.15) is 17.4 Å². The molecule has 0 spiro atoms. The Kier molecular flexibility index (Phi) is 6.93. The van der Waals surface area contributed by atoms with Gasteiger partial charge < -0.3 is 30.6 Å². The first-order valence-electron chi connectivity index (χ1n) is 9.91. The minimum absolute atomic E-state index is 0.106. The highest BCUT2D eigenvalue weighted by atomic mass is 16.5. The smallest absolute Gasteiger partial charge is 0.344 e. The lowest BCUT2D eigenvalue weighted by molar-refractivity contribution is -0.142. The number of primary amides is 1. The minimum Gasteiger partial charge on any atom is -0.483 e. The van der Waals surface area contributed by atoms with Gasteiger partial charge in [-0.3, -0.25) is 4.79 Å². The third-order valence-corrected chi connectivity index (χ3v) is 4.95. The van der Waals surface area contributed by atoms with E-state index in [0.29, 0.717) is 28.7 Å². The van der Waals surface area contributed by atoms with Gasteiger partial charge in [-0.25, -0.2) is 14.4 Å². The fraction of sp³-hybridized carbons (Fsp3) is 0.273. The molecule has 2 aromatic carbocycles. The Hall–Kier alpha value is -4.08. The van der Waals surface area contributed by atoms with Gasteiger partial charge in [0.05, 0.1) is 5.39 Å². The molecule has 0 aliphatic rings. The number of ether oxygens (including phenoxy) is 1. The third kappa shape index (κ3) is 5.15. The van der Waals surface area contributed by atoms with Crippen molar-refractivity contribution in [3.63, 3.8) is 0 Å². The number of nitrogens with two attached hydrogens (primary N) is 1. The molecule has 1 heterocycles. The van der Waals surface area contributed by atoms with E-state index >= 15 is 0 Å². The SMILES string of the molecule is Cc1c(OCC(=O)N[C@@H](CCCNC(N)=O)C(=O)O)ccc2c1oc(=O)c1ccccc12. The Balaban J connectivity index is 1.68. The van der Waals surface area contributed by atoms with Crippen molar-refractivity contribution in [3.8, 4) is 5.75 Å². The largest absolute Gasteiger partial charge is 0.483 e. The molecular weight excluding hydrogens is 418 g/mol. The Morgan fingerprint density at radius 1 is 1.12 bits per heavy atom. The van der Waals surface area contributed by atoms with Crippen LogP contribution >= 0.6 is 0 Å². The number of carbonyl (C=O) groups excluding carboxylic acids is 2. The van der Waals surface area contributed by atoms with E-state index in [1.165, 1.54) is 0 Å². The summed E-state index contributed by atoms with van der Waals surface area (Å²) < 4.78 is 11.0. The van der Waals surface area contributed by atoms with E-state index in [9.17, 15) is 24.3 Å². The maximum atomic E-state index is 12.3. The minimum atomic E-state index is -1.20. The summed E-state index contributed by atoms with van der Waals surface area (Å²) in [7, 11) is 0. The molecule has 1 aromatic heterocycles. The fourth-order valence-electron chi connectivity index (χ4n) is 3.37. The molecule has 10 nitrogen and oxygen atoms in total. The molecule has 0 radical (unpaired) electrons. The quantitative estimate of drug-likeness (QED) is 0.223. The monoisotopic (exact) mass is 441 g/mol. The van der Waals surface area contributed by atoms with Crippen molar-refractivity contribution < 1.29 is 28.6 Å². The van der Waals surface area contributed by atoms with Crippen molar-refractivity contribution in [1.82, 2.24) is 10.6 Å². The number of aryl methyl sites for hydroxylation is 1. The van der Waals surface area contributed by atoms with E-state index in [-0.39, 0.29) is 13.0 Å². The van der Waals surface area contributed by atoms with Crippen LogP contribution < -0.4 is 26.7 Å². The highest BCUT2D eigenvalue weighted by molar-refractivity contribution is 6.05. The molecule has 0 fully saturated rings. The zero-order valence-electron chi connectivity index (χ0n) is 17.3. The highest BCUT2D eigenvalue weighted by Gasteiger charge is 2.20. The second-order valence-electron chi connectivity index (χ2n) is 7.18. The molecule has 3 aromatic rings. The average Bonchev–Trinajstić information content (AvgIpc) is 2.75. The van der Waals surface area contributed by atoms with Crippen molar-refractivity contribution in [3.05, 3.63) is 52.4 Å². The summed E-state index contributed by atoms with van der Waals surface area (Å²) in [5.74, 6) is -1.49. The summed E-state index contributed by atoms with van der Waals surface area (Å²) >= 11 is 0. The van der Waals surface area contributed by atoms with Crippen LogP contribution in [0.15, 0.2) is 45.6 Å². The molecule has 32 heavy (non-hydrogen) atoms. The molecule has 1 atom stereocenters. The molecule has 0 unspecified atom stereocenters. The van der Waals surface area contributed by atoms with E-state index in [4.69, 9.17) is 14.9 Å². The molecule has 10 heteroatoms. The number of carbonyl (C=O) groups is 3. The van der Waals surface area contributed by atoms with E-state index in [1.807, 2.05) is 12.1 Å². The number of hydrogen-bond donors (Lipinski definition) is 4. The number of hydrogen-bond acceptors (Lipinski definition) is 6. The first kappa shape index (κ1) is 22.6. The zero-order chi connectivity index (χ0) is 23.3. The Bertz CT molecular complexity index is 1240. The predicted octanol–water partition coefficient (Wildman–Crippen LogP) is 1.65. The highest BCUT2D eigenvalue weighted by Crippen LogP contribution is 2.30. The maximum absolute atomic E-state index is 12.3. The zero-order valence-corrected chi connectivity index (χ0v) is 17.3. The van der Waals surface area contributed by atoms with Crippen LogP contribution in [0.1, 0.15) is 18.4 Å². The Labute approximate surface area is 182 Å². The van der Waals surface area contributed by atoms with Crippen LogP contribution in [0.4, 0.5) is 4.79 Å². The topological polar surface area (TPSA) is 161 Å². The second kappa shape index (κ2) is 9.82. The van der Waals surface area contributed by atoms with E-state index in [0.717, 1.165) is 10.8 Å². The molecule has 0 aliphatic heterocycles. The standard InChI is InChI=1S/C22H23N3O7/c1-12-17(9-8-14-13-5-2-3-6-15(13)21(29)32-19(12)14)31-11-18(26)25-16(20(27)28)7-4-10-24-22(23)30/h2-3,5-6,8-9,16H,4,7,10-11H2,1H3,(H,25,26)(H,27,28)(H3,23,24,30)/t16-/m0/s1. The summed E-state index contributed by atoms with van der Waals surface area (Å²) in [6.07, 6.45) is 0.423. The van der Waals surface area contributed by atoms with Crippen molar-refractivity contribution in [2.45, 2.75) is 25.8 Å². The number of rotatable bonds is 9. The van der Waals surface area contributed by atoms with E-state index in [2.05, 4.69) is 10.6 Å². The third-order valence-electron chi connectivity index (χ3n) is 4.95. The number of fused-ring (bicyclic) bond motifs is 3. The summed E-state index contributed by atoms with van der Waals surface area (Å²) in [6.45, 7) is 1.48. The van der Waals surface area contributed by atoms with Gasteiger partial charge in [0.2, 0.25) is 0 Å². The molecule has 0 bridgehead atoms. The number of benzene rings is 2. The van der Waals surface area contributed by atoms with E-state index in [1.54, 1.807) is 31.2 Å². The van der Waals surface area contributed by atoms with Crippen molar-refractivity contribution >= 4 is 39.6 Å². The first-order valence-corrected chi connectivity index (χ1v) is 9.91. The van der Waals surface area contributed by atoms with Crippen LogP contribution in [0.25, 0.3) is 21.7 Å². The van der Waals surface area contributed by atoms with Gasteiger partial charge in [-0.2, -0.15) is 0 Å². The molecule has 0 aliphatic carbocycles. The molecule has 0 saturated heterocycles. The van der Waals surface area contributed by atoms with Gasteiger partial charge in [-0.15, -0.1) is 0 Å². The average molecular weight is 441 g/mol. The van der Waals surface area contributed by atoms with Crippen LogP contribution in [0.2, 0.25) is 0 Å². The maximum Gasteiger partial charge on any atom is 0.344 e. The predicted molar refractivity (Wildman–Crippen MR) is 117 cm³/mol. The van der Waals surface area contributed by atoms with Crippen LogP contribution in [-0.2, 0) is 9.59 Å². The van der Waals surface area contributed by atoms with E-state index < -0.39 is 36.2 Å². The lowest BCUT2D eigenvalue weighted by Crippen LogP contribution is -2.43. The van der Waals surface area contributed by atoms with Crippen LogP contribution in [0.3, 0.4) is 0 Å². The summed E-state index contributed by atoms with van der Waals surface area (Å²) in [6, 6.07) is 8.67. The molecule has 168 valence electrons. The number of urea groups is 1. The number of aliphatic carboxylic acids is 1. The number of carboxylic acid groups (broad SMARTS) is 1. The summed E-state index contributed by atoms with van der Waals surface area (Å²) in [4.78, 5) is 46.5.